The number of aryl methyl sites for hydroxylation is 3. The molecule has 1 aliphatic rings. The molecule has 0 radical (unpaired) electrons. The Morgan fingerprint density at radius 1 is 1.03 bits per heavy atom. The topological polar surface area (TPSA) is 55.2 Å². The number of hydrogen-bond acceptors (Lipinski definition) is 3. The van der Waals surface area contributed by atoms with E-state index in [0.717, 1.165) is 33.4 Å². The van der Waals surface area contributed by atoms with E-state index in [-0.39, 0.29) is 5.92 Å². The Bertz CT molecular complexity index is 1170. The zero-order chi connectivity index (χ0) is 20.9. The van der Waals surface area contributed by atoms with Crippen LogP contribution >= 0.6 is 0 Å². The van der Waals surface area contributed by atoms with Crippen LogP contribution in [-0.2, 0) is 23.6 Å². The first-order chi connectivity index (χ1) is 13.7. The highest BCUT2D eigenvalue weighted by molar-refractivity contribution is 7.89. The van der Waals surface area contributed by atoms with Crippen LogP contribution in [0.15, 0.2) is 47.6 Å². The number of fused-ring (bicyclic) bond motifs is 1. The Balaban J connectivity index is 1.84. The minimum absolute atomic E-state index is 0.0325. The molecule has 152 valence electrons. The van der Waals surface area contributed by atoms with Gasteiger partial charge in [-0.3, -0.25) is 4.68 Å². The van der Waals surface area contributed by atoms with Gasteiger partial charge in [-0.05, 0) is 66.6 Å². The van der Waals surface area contributed by atoms with E-state index in [1.165, 1.54) is 5.56 Å². The van der Waals surface area contributed by atoms with Crippen LogP contribution in [0.4, 0.5) is 0 Å². The van der Waals surface area contributed by atoms with E-state index in [1.54, 1.807) is 8.99 Å². The molecule has 29 heavy (non-hydrogen) atoms. The van der Waals surface area contributed by atoms with E-state index in [2.05, 4.69) is 17.2 Å². The lowest BCUT2D eigenvalue weighted by molar-refractivity contribution is 0.371. The number of nitrogens with zero attached hydrogens (tertiary/aromatic N) is 3. The first-order valence-corrected chi connectivity index (χ1v) is 11.3. The summed E-state index contributed by atoms with van der Waals surface area (Å²) in [5.74, 6) is -0.0325. The van der Waals surface area contributed by atoms with Crippen molar-refractivity contribution in [2.24, 2.45) is 7.05 Å². The van der Waals surface area contributed by atoms with Gasteiger partial charge in [0.05, 0.1) is 11.1 Å². The Morgan fingerprint density at radius 2 is 1.69 bits per heavy atom. The highest BCUT2D eigenvalue weighted by atomic mass is 32.2. The van der Waals surface area contributed by atoms with Crippen molar-refractivity contribution < 1.29 is 8.42 Å². The van der Waals surface area contributed by atoms with Crippen LogP contribution in [0.5, 0.6) is 0 Å². The van der Waals surface area contributed by atoms with Crippen molar-refractivity contribution in [2.45, 2.75) is 45.1 Å². The van der Waals surface area contributed by atoms with Crippen LogP contribution in [0.3, 0.4) is 0 Å². The molecule has 0 amide bonds. The summed E-state index contributed by atoms with van der Waals surface area (Å²) in [6.45, 7) is 8.57. The summed E-state index contributed by atoms with van der Waals surface area (Å²) in [5.41, 5.74) is 6.96. The summed E-state index contributed by atoms with van der Waals surface area (Å²) in [6.07, 6.45) is 3.82. The standard InChI is InChI=1S/C23H27N3O2S/c1-15-10-16(2)18(4)23(17(15)3)29(27,28)26-13-19-8-6-7-9-21(19)22(14-26)20-11-24-25(5)12-20/h6-12,22H,13-14H2,1-5H3. The molecule has 0 saturated carbocycles. The maximum Gasteiger partial charge on any atom is 0.243 e. The van der Waals surface area contributed by atoms with Gasteiger partial charge in [0.1, 0.15) is 0 Å². The third-order valence-electron chi connectivity index (χ3n) is 6.19. The molecular weight excluding hydrogens is 382 g/mol. The Labute approximate surface area is 173 Å². The van der Waals surface area contributed by atoms with Crippen molar-refractivity contribution >= 4 is 10.0 Å². The molecule has 1 aliphatic heterocycles. The maximum atomic E-state index is 13.8. The zero-order valence-electron chi connectivity index (χ0n) is 17.6. The normalized spacial score (nSPS) is 17.3. The zero-order valence-corrected chi connectivity index (χ0v) is 18.4. The van der Waals surface area contributed by atoms with Gasteiger partial charge in [0.15, 0.2) is 0 Å². The summed E-state index contributed by atoms with van der Waals surface area (Å²) < 4.78 is 31.1. The smallest absolute Gasteiger partial charge is 0.243 e. The van der Waals surface area contributed by atoms with E-state index in [1.807, 2.05) is 65.3 Å². The van der Waals surface area contributed by atoms with Crippen LogP contribution in [0.25, 0.3) is 0 Å². The number of aromatic nitrogens is 2. The Hall–Kier alpha value is -2.44. The van der Waals surface area contributed by atoms with Crippen molar-refractivity contribution in [1.29, 1.82) is 0 Å². The molecular formula is C23H27N3O2S. The van der Waals surface area contributed by atoms with Gasteiger partial charge in [-0.2, -0.15) is 9.40 Å². The third-order valence-corrected chi connectivity index (χ3v) is 8.27. The molecule has 1 atom stereocenters. The van der Waals surface area contributed by atoms with Gasteiger partial charge in [-0.1, -0.05) is 30.3 Å². The van der Waals surface area contributed by atoms with E-state index in [4.69, 9.17) is 0 Å². The molecule has 6 heteroatoms. The lowest BCUT2D eigenvalue weighted by Gasteiger charge is -2.34. The summed E-state index contributed by atoms with van der Waals surface area (Å²) in [6, 6.07) is 10.2. The molecule has 0 spiro atoms. The second kappa shape index (κ2) is 7.11. The Morgan fingerprint density at radius 3 is 2.31 bits per heavy atom. The molecule has 0 N–H and O–H groups in total. The molecule has 1 aromatic heterocycles. The largest absolute Gasteiger partial charge is 0.276 e. The van der Waals surface area contributed by atoms with Crippen molar-refractivity contribution in [3.05, 3.63) is 81.7 Å². The molecule has 2 heterocycles. The van der Waals surface area contributed by atoms with Crippen molar-refractivity contribution in [1.82, 2.24) is 14.1 Å². The lowest BCUT2D eigenvalue weighted by atomic mass is 9.87. The predicted molar refractivity (Wildman–Crippen MR) is 114 cm³/mol. The summed E-state index contributed by atoms with van der Waals surface area (Å²) >= 11 is 0. The Kier molecular flexibility index (Phi) is 4.87. The molecule has 0 aliphatic carbocycles. The number of sulfonamides is 1. The highest BCUT2D eigenvalue weighted by Crippen LogP contribution is 2.37. The second-order valence-electron chi connectivity index (χ2n) is 8.09. The second-order valence-corrected chi connectivity index (χ2v) is 9.96. The van der Waals surface area contributed by atoms with Crippen LogP contribution in [0, 0.1) is 27.7 Å². The average Bonchev–Trinajstić information content (AvgIpc) is 3.11. The highest BCUT2D eigenvalue weighted by Gasteiger charge is 2.36. The number of benzene rings is 2. The molecule has 2 aromatic carbocycles. The van der Waals surface area contributed by atoms with Gasteiger partial charge in [-0.15, -0.1) is 0 Å². The van der Waals surface area contributed by atoms with Gasteiger partial charge in [0.25, 0.3) is 0 Å². The first kappa shape index (κ1) is 19.9. The van der Waals surface area contributed by atoms with Gasteiger partial charge >= 0.3 is 0 Å². The number of hydrogen-bond donors (Lipinski definition) is 0. The summed E-state index contributed by atoms with van der Waals surface area (Å²) in [5, 5.41) is 4.31. The van der Waals surface area contributed by atoms with Crippen molar-refractivity contribution in [2.75, 3.05) is 6.54 Å². The van der Waals surface area contributed by atoms with Gasteiger partial charge < -0.3 is 0 Å². The molecule has 1 unspecified atom stereocenters. The maximum absolute atomic E-state index is 13.8. The van der Waals surface area contributed by atoms with Crippen LogP contribution in [-0.4, -0.2) is 29.0 Å². The van der Waals surface area contributed by atoms with Crippen LogP contribution < -0.4 is 0 Å². The first-order valence-electron chi connectivity index (χ1n) is 9.84. The van der Waals surface area contributed by atoms with E-state index in [9.17, 15) is 8.42 Å². The summed E-state index contributed by atoms with van der Waals surface area (Å²) in [7, 11) is -1.76. The average molecular weight is 410 g/mol. The molecule has 0 saturated heterocycles. The molecule has 0 fully saturated rings. The number of rotatable bonds is 3. The van der Waals surface area contributed by atoms with Crippen molar-refractivity contribution in [3.63, 3.8) is 0 Å². The van der Waals surface area contributed by atoms with Gasteiger partial charge in [-0.25, -0.2) is 8.42 Å². The van der Waals surface area contributed by atoms with E-state index >= 15 is 0 Å². The van der Waals surface area contributed by atoms with Gasteiger partial charge in [0.2, 0.25) is 10.0 Å². The van der Waals surface area contributed by atoms with E-state index < -0.39 is 10.0 Å². The fraction of sp³-hybridized carbons (Fsp3) is 0.348. The molecule has 4 rings (SSSR count). The van der Waals surface area contributed by atoms with Gasteiger partial charge in [0, 0.05) is 32.3 Å². The fourth-order valence-electron chi connectivity index (χ4n) is 4.36. The monoisotopic (exact) mass is 409 g/mol. The predicted octanol–water partition coefficient (Wildman–Crippen LogP) is 3.99. The minimum Gasteiger partial charge on any atom is -0.276 e. The molecule has 5 nitrogen and oxygen atoms in total. The van der Waals surface area contributed by atoms with E-state index in [0.29, 0.717) is 18.0 Å². The lowest BCUT2D eigenvalue weighted by Crippen LogP contribution is -2.39. The van der Waals surface area contributed by atoms with Crippen molar-refractivity contribution in [3.8, 4) is 0 Å². The quantitative estimate of drug-likeness (QED) is 0.657. The minimum atomic E-state index is -3.64. The molecule has 3 aromatic rings. The molecule has 0 bridgehead atoms. The third kappa shape index (κ3) is 3.30. The SMILES string of the molecule is Cc1cc(C)c(C)c(S(=O)(=O)N2Cc3ccccc3C(c3cnn(C)c3)C2)c1C. The van der Waals surface area contributed by atoms with Crippen LogP contribution in [0.2, 0.25) is 0 Å². The van der Waals surface area contributed by atoms with Crippen LogP contribution in [0.1, 0.15) is 44.9 Å². The fourth-order valence-corrected chi connectivity index (χ4v) is 6.37. The summed E-state index contributed by atoms with van der Waals surface area (Å²) in [4.78, 5) is 0.458.